The van der Waals surface area contributed by atoms with E-state index in [4.69, 9.17) is 0 Å². The van der Waals surface area contributed by atoms with Gasteiger partial charge < -0.3 is 5.32 Å². The van der Waals surface area contributed by atoms with E-state index in [0.29, 0.717) is 16.3 Å². The summed E-state index contributed by atoms with van der Waals surface area (Å²) in [5.41, 5.74) is 1.30. The molecule has 0 saturated carbocycles. The molecule has 0 aliphatic carbocycles. The molecule has 0 radical (unpaired) electrons. The first-order valence-corrected chi connectivity index (χ1v) is 5.95. The van der Waals surface area contributed by atoms with Crippen LogP contribution < -0.4 is 5.32 Å². The predicted octanol–water partition coefficient (Wildman–Crippen LogP) is 3.68. The van der Waals surface area contributed by atoms with Gasteiger partial charge in [0, 0.05) is 11.8 Å². The van der Waals surface area contributed by atoms with Crippen LogP contribution in [-0.2, 0) is 0 Å². The van der Waals surface area contributed by atoms with Gasteiger partial charge in [0.25, 0.3) is 0 Å². The first-order valence-electron chi connectivity index (χ1n) is 5.17. The first kappa shape index (κ1) is 12.6. The Kier molecular flexibility index (Phi) is 3.38. The number of Topliss-reactive ketones (excluding diaryl/α,β-unsaturated/α-hetero) is 1. The summed E-state index contributed by atoms with van der Waals surface area (Å²) in [7, 11) is 0. The van der Waals surface area contributed by atoms with Crippen molar-refractivity contribution in [2.45, 2.75) is 13.8 Å². The lowest BCUT2D eigenvalue weighted by atomic mass is 10.2. The van der Waals surface area contributed by atoms with E-state index in [1.807, 2.05) is 0 Å². The number of nitrogens with one attached hydrogen (secondary N) is 1. The van der Waals surface area contributed by atoms with Gasteiger partial charge in [-0.1, -0.05) is 0 Å². The molecule has 0 bridgehead atoms. The third kappa shape index (κ3) is 2.53. The van der Waals surface area contributed by atoms with Crippen LogP contribution in [0.4, 0.5) is 19.5 Å². The Morgan fingerprint density at radius 3 is 2.44 bits per heavy atom. The Labute approximate surface area is 107 Å². The lowest BCUT2D eigenvalue weighted by Gasteiger charge is -2.05. The second-order valence-corrected chi connectivity index (χ2v) is 4.58. The molecule has 6 heteroatoms. The van der Waals surface area contributed by atoms with Crippen LogP contribution in [0, 0.1) is 18.6 Å². The van der Waals surface area contributed by atoms with Gasteiger partial charge in [-0.15, -0.1) is 0 Å². The van der Waals surface area contributed by atoms with Crippen LogP contribution in [0.5, 0.6) is 0 Å². The van der Waals surface area contributed by atoms with Crippen molar-refractivity contribution in [1.82, 2.24) is 4.37 Å². The fourth-order valence-electron chi connectivity index (χ4n) is 1.63. The van der Waals surface area contributed by atoms with Crippen molar-refractivity contribution < 1.29 is 13.6 Å². The van der Waals surface area contributed by atoms with Gasteiger partial charge in [-0.3, -0.25) is 4.79 Å². The van der Waals surface area contributed by atoms with E-state index in [0.717, 1.165) is 29.7 Å². The number of hydrogen-bond acceptors (Lipinski definition) is 4. The maximum atomic E-state index is 13.0. The van der Waals surface area contributed by atoms with Crippen LogP contribution in [0.25, 0.3) is 0 Å². The fourth-order valence-corrected chi connectivity index (χ4v) is 2.49. The molecular formula is C12H10F2N2OS. The smallest absolute Gasteiger partial charge is 0.164 e. The SMILES string of the molecule is CC(=O)c1c(C)nsc1Nc1cc(F)cc(F)c1. The molecule has 2 rings (SSSR count). The Bertz CT molecular complexity index is 590. The van der Waals surface area contributed by atoms with Crippen LogP contribution in [-0.4, -0.2) is 10.2 Å². The van der Waals surface area contributed by atoms with Crippen molar-refractivity contribution in [1.29, 1.82) is 0 Å². The van der Waals surface area contributed by atoms with E-state index in [1.54, 1.807) is 6.92 Å². The average Bonchev–Trinajstić information content (AvgIpc) is 2.57. The minimum absolute atomic E-state index is 0.138. The number of aryl methyl sites for hydroxylation is 1. The lowest BCUT2D eigenvalue weighted by Crippen LogP contribution is -1.99. The Hall–Kier alpha value is -1.82. The normalized spacial score (nSPS) is 10.4. The highest BCUT2D eigenvalue weighted by atomic mass is 32.1. The zero-order valence-electron chi connectivity index (χ0n) is 9.75. The summed E-state index contributed by atoms with van der Waals surface area (Å²) in [5.74, 6) is -1.49. The van der Waals surface area contributed by atoms with Crippen molar-refractivity contribution in [3.8, 4) is 0 Å². The monoisotopic (exact) mass is 268 g/mol. The van der Waals surface area contributed by atoms with Gasteiger partial charge >= 0.3 is 0 Å². The Balaban J connectivity index is 2.37. The zero-order valence-corrected chi connectivity index (χ0v) is 10.6. The molecule has 0 spiro atoms. The van der Waals surface area contributed by atoms with Gasteiger partial charge in [-0.2, -0.15) is 4.37 Å². The Morgan fingerprint density at radius 2 is 1.89 bits per heavy atom. The van der Waals surface area contributed by atoms with Crippen molar-refractivity contribution >= 4 is 28.0 Å². The van der Waals surface area contributed by atoms with Gasteiger partial charge in [0.15, 0.2) is 5.78 Å². The van der Waals surface area contributed by atoms with E-state index in [1.165, 1.54) is 6.92 Å². The molecule has 0 unspecified atom stereocenters. The zero-order chi connectivity index (χ0) is 13.3. The minimum Gasteiger partial charge on any atom is -0.345 e. The number of carbonyl (C=O) groups is 1. The molecule has 1 aromatic heterocycles. The Morgan fingerprint density at radius 1 is 1.28 bits per heavy atom. The predicted molar refractivity (Wildman–Crippen MR) is 66.5 cm³/mol. The molecule has 1 heterocycles. The van der Waals surface area contributed by atoms with Crippen molar-refractivity contribution in [3.63, 3.8) is 0 Å². The fraction of sp³-hybridized carbons (Fsp3) is 0.167. The molecule has 0 aliphatic heterocycles. The van der Waals surface area contributed by atoms with E-state index >= 15 is 0 Å². The molecule has 2 aromatic rings. The number of aromatic nitrogens is 1. The quantitative estimate of drug-likeness (QED) is 0.863. The summed E-state index contributed by atoms with van der Waals surface area (Å²) in [6.45, 7) is 3.14. The van der Waals surface area contributed by atoms with E-state index < -0.39 is 11.6 Å². The number of benzene rings is 1. The molecule has 18 heavy (non-hydrogen) atoms. The number of nitrogens with zero attached hydrogens (tertiary/aromatic N) is 1. The molecule has 0 saturated heterocycles. The van der Waals surface area contributed by atoms with E-state index in [2.05, 4.69) is 9.69 Å². The summed E-state index contributed by atoms with van der Waals surface area (Å²) in [5, 5.41) is 3.30. The second-order valence-electron chi connectivity index (χ2n) is 3.81. The molecule has 94 valence electrons. The van der Waals surface area contributed by atoms with Crippen LogP contribution in [0.15, 0.2) is 18.2 Å². The highest BCUT2D eigenvalue weighted by molar-refractivity contribution is 7.10. The first-order chi connectivity index (χ1) is 8.47. The molecule has 0 amide bonds. The summed E-state index contributed by atoms with van der Waals surface area (Å²) < 4.78 is 30.1. The summed E-state index contributed by atoms with van der Waals surface area (Å²) in [6.07, 6.45) is 0. The van der Waals surface area contributed by atoms with Gasteiger partial charge in [-0.25, -0.2) is 8.78 Å². The average molecular weight is 268 g/mol. The van der Waals surface area contributed by atoms with Gasteiger partial charge in [0.1, 0.15) is 16.6 Å². The number of hydrogen-bond donors (Lipinski definition) is 1. The third-order valence-corrected chi connectivity index (χ3v) is 3.19. The highest BCUT2D eigenvalue weighted by Gasteiger charge is 2.15. The van der Waals surface area contributed by atoms with Crippen LogP contribution in [0.1, 0.15) is 23.0 Å². The number of carbonyl (C=O) groups excluding carboxylic acids is 1. The number of anilines is 2. The van der Waals surface area contributed by atoms with E-state index in [9.17, 15) is 13.6 Å². The topological polar surface area (TPSA) is 42.0 Å². The van der Waals surface area contributed by atoms with Gasteiger partial charge in [0.05, 0.1) is 11.3 Å². The van der Waals surface area contributed by atoms with Crippen LogP contribution in [0.2, 0.25) is 0 Å². The molecule has 1 N–H and O–H groups in total. The van der Waals surface area contributed by atoms with Gasteiger partial charge in [0.2, 0.25) is 0 Å². The number of rotatable bonds is 3. The maximum Gasteiger partial charge on any atom is 0.164 e. The molecule has 0 aliphatic rings. The van der Waals surface area contributed by atoms with Crippen molar-refractivity contribution in [2.75, 3.05) is 5.32 Å². The number of halogens is 2. The van der Waals surface area contributed by atoms with Crippen LogP contribution >= 0.6 is 11.5 Å². The molecular weight excluding hydrogens is 258 g/mol. The summed E-state index contributed by atoms with van der Waals surface area (Å²) in [6, 6.07) is 3.10. The molecule has 0 fully saturated rings. The van der Waals surface area contributed by atoms with Crippen molar-refractivity contribution in [2.24, 2.45) is 0 Å². The second kappa shape index (κ2) is 4.81. The largest absolute Gasteiger partial charge is 0.345 e. The summed E-state index contributed by atoms with van der Waals surface area (Å²) >= 11 is 1.08. The van der Waals surface area contributed by atoms with Gasteiger partial charge in [-0.05, 0) is 37.5 Å². The summed E-state index contributed by atoms with van der Waals surface area (Å²) in [4.78, 5) is 11.5. The standard InChI is InChI=1S/C12H10F2N2OS/c1-6-11(7(2)17)12(18-16-6)15-10-4-8(13)3-9(14)5-10/h3-5,15H,1-2H3. The van der Waals surface area contributed by atoms with Crippen LogP contribution in [0.3, 0.4) is 0 Å². The molecule has 1 aromatic carbocycles. The molecule has 0 atom stereocenters. The maximum absolute atomic E-state index is 13.0. The van der Waals surface area contributed by atoms with E-state index in [-0.39, 0.29) is 11.5 Å². The number of ketones is 1. The lowest BCUT2D eigenvalue weighted by molar-refractivity contribution is 0.101. The third-order valence-electron chi connectivity index (χ3n) is 2.34. The molecule has 3 nitrogen and oxygen atoms in total. The minimum atomic E-state index is -0.678. The van der Waals surface area contributed by atoms with Crippen molar-refractivity contribution in [3.05, 3.63) is 41.1 Å². The highest BCUT2D eigenvalue weighted by Crippen LogP contribution is 2.28.